The third-order valence-corrected chi connectivity index (χ3v) is 1.79. The molecule has 4 heteroatoms. The Morgan fingerprint density at radius 3 is 2.71 bits per heavy atom. The van der Waals surface area contributed by atoms with Crippen molar-refractivity contribution in [3.63, 3.8) is 0 Å². The lowest BCUT2D eigenvalue weighted by Gasteiger charge is -2.17. The Morgan fingerprint density at radius 2 is 2.29 bits per heavy atom. The van der Waals surface area contributed by atoms with Crippen LogP contribution in [-0.4, -0.2) is 36.5 Å². The molecule has 0 heterocycles. The summed E-state index contributed by atoms with van der Waals surface area (Å²) in [7, 11) is 0. The summed E-state index contributed by atoms with van der Waals surface area (Å²) in [5.41, 5.74) is 0. The van der Waals surface area contributed by atoms with Crippen molar-refractivity contribution < 1.29 is 19.4 Å². The molecule has 82 valence electrons. The van der Waals surface area contributed by atoms with Crippen LogP contribution in [-0.2, 0) is 14.3 Å². The molecular weight excluding hydrogens is 184 g/mol. The van der Waals surface area contributed by atoms with E-state index in [9.17, 15) is 4.79 Å². The molecule has 0 fully saturated rings. The largest absolute Gasteiger partial charge is 0.454 e. The lowest BCUT2D eigenvalue weighted by Crippen LogP contribution is -2.28. The molecule has 0 rings (SSSR count). The van der Waals surface area contributed by atoms with Crippen molar-refractivity contribution in [3.8, 4) is 0 Å². The molecular formula is C10H18O4. The molecule has 0 saturated heterocycles. The first-order chi connectivity index (χ1) is 6.63. The highest BCUT2D eigenvalue weighted by Crippen LogP contribution is 2.00. The fourth-order valence-corrected chi connectivity index (χ4v) is 0.726. The molecule has 2 atom stereocenters. The van der Waals surface area contributed by atoms with E-state index in [0.717, 1.165) is 12.5 Å². The van der Waals surface area contributed by atoms with Gasteiger partial charge < -0.3 is 14.6 Å². The molecule has 0 bridgehead atoms. The van der Waals surface area contributed by atoms with E-state index in [1.807, 2.05) is 13.8 Å². The normalized spacial score (nSPS) is 14.5. The quantitative estimate of drug-likeness (QED) is 0.492. The topological polar surface area (TPSA) is 55.8 Å². The summed E-state index contributed by atoms with van der Waals surface area (Å²) in [4.78, 5) is 10.8. The van der Waals surface area contributed by atoms with Crippen LogP contribution in [0.3, 0.4) is 0 Å². The van der Waals surface area contributed by atoms with Crippen LogP contribution in [0, 0.1) is 0 Å². The standard InChI is InChI=1S/C10H18O4/c1-4-8(3)13-7-9(6-11)14-10(12)5-2/h5,8-9,11H,2,4,6-7H2,1,3H3. The van der Waals surface area contributed by atoms with Gasteiger partial charge in [-0.2, -0.15) is 0 Å². The van der Waals surface area contributed by atoms with E-state index in [1.165, 1.54) is 0 Å². The zero-order chi connectivity index (χ0) is 11.0. The minimum atomic E-state index is -0.602. The molecule has 0 amide bonds. The van der Waals surface area contributed by atoms with E-state index in [4.69, 9.17) is 14.6 Å². The van der Waals surface area contributed by atoms with Crippen molar-refractivity contribution in [2.24, 2.45) is 0 Å². The smallest absolute Gasteiger partial charge is 0.330 e. The minimum Gasteiger partial charge on any atom is -0.454 e. The van der Waals surface area contributed by atoms with E-state index in [1.54, 1.807) is 0 Å². The molecule has 0 aliphatic heterocycles. The van der Waals surface area contributed by atoms with Gasteiger partial charge in [-0.25, -0.2) is 4.79 Å². The highest BCUT2D eigenvalue weighted by Gasteiger charge is 2.12. The molecule has 0 saturated carbocycles. The molecule has 1 N–H and O–H groups in total. The van der Waals surface area contributed by atoms with Crippen LogP contribution in [0.4, 0.5) is 0 Å². The summed E-state index contributed by atoms with van der Waals surface area (Å²) in [6.45, 7) is 7.15. The third kappa shape index (κ3) is 5.72. The van der Waals surface area contributed by atoms with Gasteiger partial charge in [-0.05, 0) is 13.3 Å². The maximum absolute atomic E-state index is 10.8. The second-order valence-electron chi connectivity index (χ2n) is 3.00. The zero-order valence-electron chi connectivity index (χ0n) is 8.73. The molecule has 0 aromatic carbocycles. The number of hydrogen-bond acceptors (Lipinski definition) is 4. The highest BCUT2D eigenvalue weighted by atomic mass is 16.6. The average molecular weight is 202 g/mol. The van der Waals surface area contributed by atoms with Crippen LogP contribution in [0.1, 0.15) is 20.3 Å². The highest BCUT2D eigenvalue weighted by molar-refractivity contribution is 5.81. The van der Waals surface area contributed by atoms with Crippen LogP contribution in [0.2, 0.25) is 0 Å². The zero-order valence-corrected chi connectivity index (χ0v) is 8.73. The maximum atomic E-state index is 10.8. The number of ether oxygens (including phenoxy) is 2. The van der Waals surface area contributed by atoms with E-state index < -0.39 is 12.1 Å². The summed E-state index contributed by atoms with van der Waals surface area (Å²) < 4.78 is 10.1. The summed E-state index contributed by atoms with van der Waals surface area (Å²) in [5.74, 6) is -0.545. The molecule has 4 nitrogen and oxygen atoms in total. The van der Waals surface area contributed by atoms with E-state index >= 15 is 0 Å². The van der Waals surface area contributed by atoms with Crippen molar-refractivity contribution >= 4 is 5.97 Å². The van der Waals surface area contributed by atoms with Gasteiger partial charge in [-0.3, -0.25) is 0 Å². The molecule has 0 aromatic heterocycles. The van der Waals surface area contributed by atoms with Gasteiger partial charge in [0.25, 0.3) is 0 Å². The van der Waals surface area contributed by atoms with Gasteiger partial charge in [0.05, 0.1) is 19.3 Å². The van der Waals surface area contributed by atoms with Crippen molar-refractivity contribution in [2.75, 3.05) is 13.2 Å². The number of aliphatic hydroxyl groups excluding tert-OH is 1. The Morgan fingerprint density at radius 1 is 1.64 bits per heavy atom. The van der Waals surface area contributed by atoms with Crippen molar-refractivity contribution in [1.82, 2.24) is 0 Å². The summed E-state index contributed by atoms with van der Waals surface area (Å²) >= 11 is 0. The second-order valence-corrected chi connectivity index (χ2v) is 3.00. The molecule has 0 spiro atoms. The van der Waals surface area contributed by atoms with Gasteiger partial charge in [0.1, 0.15) is 6.10 Å². The SMILES string of the molecule is C=CC(=O)OC(CO)COC(C)CC. The Balaban J connectivity index is 3.79. The Hall–Kier alpha value is -0.870. The first kappa shape index (κ1) is 13.1. The summed E-state index contributed by atoms with van der Waals surface area (Å²) in [5, 5.41) is 8.86. The molecule has 14 heavy (non-hydrogen) atoms. The molecule has 0 aliphatic rings. The Bertz CT molecular complexity index is 179. The monoisotopic (exact) mass is 202 g/mol. The minimum absolute atomic E-state index is 0.103. The predicted octanol–water partition coefficient (Wildman–Crippen LogP) is 0.892. The van der Waals surface area contributed by atoms with Crippen LogP contribution in [0.25, 0.3) is 0 Å². The first-order valence-corrected chi connectivity index (χ1v) is 4.69. The van der Waals surface area contributed by atoms with Crippen molar-refractivity contribution in [3.05, 3.63) is 12.7 Å². The number of aliphatic hydroxyl groups is 1. The van der Waals surface area contributed by atoms with Gasteiger partial charge in [0.2, 0.25) is 0 Å². The predicted molar refractivity (Wildman–Crippen MR) is 52.9 cm³/mol. The van der Waals surface area contributed by atoms with Gasteiger partial charge in [-0.15, -0.1) is 0 Å². The summed E-state index contributed by atoms with van der Waals surface area (Å²) in [6.07, 6.45) is 1.44. The van der Waals surface area contributed by atoms with E-state index in [2.05, 4.69) is 6.58 Å². The lowest BCUT2D eigenvalue weighted by atomic mass is 10.3. The number of carbonyl (C=O) groups excluding carboxylic acids is 1. The van der Waals surface area contributed by atoms with E-state index in [0.29, 0.717) is 0 Å². The molecule has 0 aliphatic carbocycles. The van der Waals surface area contributed by atoms with Crippen LogP contribution in [0.15, 0.2) is 12.7 Å². The third-order valence-electron chi connectivity index (χ3n) is 1.79. The number of carbonyl (C=O) groups is 1. The van der Waals surface area contributed by atoms with Gasteiger partial charge >= 0.3 is 5.97 Å². The van der Waals surface area contributed by atoms with Crippen molar-refractivity contribution in [2.45, 2.75) is 32.5 Å². The Labute approximate surface area is 84.5 Å². The summed E-state index contributed by atoms with van der Waals surface area (Å²) in [6, 6.07) is 0. The number of esters is 1. The number of hydrogen-bond donors (Lipinski definition) is 1. The average Bonchev–Trinajstić information content (AvgIpc) is 2.22. The van der Waals surface area contributed by atoms with Crippen LogP contribution < -0.4 is 0 Å². The van der Waals surface area contributed by atoms with Crippen LogP contribution in [0.5, 0.6) is 0 Å². The maximum Gasteiger partial charge on any atom is 0.330 e. The van der Waals surface area contributed by atoms with E-state index in [-0.39, 0.29) is 19.3 Å². The van der Waals surface area contributed by atoms with Gasteiger partial charge in [0.15, 0.2) is 0 Å². The van der Waals surface area contributed by atoms with Gasteiger partial charge in [-0.1, -0.05) is 13.5 Å². The lowest BCUT2D eigenvalue weighted by molar-refractivity contribution is -0.149. The second kappa shape index (κ2) is 7.53. The number of rotatable bonds is 7. The fourth-order valence-electron chi connectivity index (χ4n) is 0.726. The van der Waals surface area contributed by atoms with Gasteiger partial charge in [0, 0.05) is 6.08 Å². The molecule has 0 aromatic rings. The van der Waals surface area contributed by atoms with Crippen molar-refractivity contribution in [1.29, 1.82) is 0 Å². The first-order valence-electron chi connectivity index (χ1n) is 4.69. The fraction of sp³-hybridized carbons (Fsp3) is 0.700. The molecule has 2 unspecified atom stereocenters. The molecule has 0 radical (unpaired) electrons. The Kier molecular flexibility index (Phi) is 7.06. The van der Waals surface area contributed by atoms with Crippen LogP contribution >= 0.6 is 0 Å².